The van der Waals surface area contributed by atoms with Crippen molar-refractivity contribution in [1.29, 1.82) is 0 Å². The lowest BCUT2D eigenvalue weighted by Crippen LogP contribution is -2.48. The van der Waals surface area contributed by atoms with Gasteiger partial charge in [-0.05, 0) is 42.5 Å². The average Bonchev–Trinajstić information content (AvgIpc) is 3.19. The molecule has 0 spiro atoms. The monoisotopic (exact) mass is 468 g/mol. The number of nitrogens with zero attached hydrogens (tertiary/aromatic N) is 6. The number of pyridine rings is 2. The van der Waals surface area contributed by atoms with Crippen LogP contribution in [0, 0.1) is 0 Å². The zero-order valence-corrected chi connectivity index (χ0v) is 19.0. The average molecular weight is 469 g/mol. The summed E-state index contributed by atoms with van der Waals surface area (Å²) in [6.07, 6.45) is 6.57. The number of fused-ring (bicyclic) bond motifs is 1. The molecule has 0 radical (unpaired) electrons. The molecule has 1 saturated heterocycles. The lowest BCUT2D eigenvalue weighted by Gasteiger charge is -2.34. The second-order valence-electron chi connectivity index (χ2n) is 7.67. The lowest BCUT2D eigenvalue weighted by molar-refractivity contribution is 0.387. The van der Waals surface area contributed by atoms with Gasteiger partial charge in [0.05, 0.1) is 23.5 Å². The predicted octanol–water partition coefficient (Wildman–Crippen LogP) is 3.22. The summed E-state index contributed by atoms with van der Waals surface area (Å²) in [6, 6.07) is 13.4. The first-order valence-corrected chi connectivity index (χ1v) is 12.4. The van der Waals surface area contributed by atoms with Crippen molar-refractivity contribution in [2.24, 2.45) is 0 Å². The molecule has 1 aliphatic rings. The van der Waals surface area contributed by atoms with E-state index in [1.807, 2.05) is 47.0 Å². The maximum atomic E-state index is 11.7. The van der Waals surface area contributed by atoms with Crippen LogP contribution in [0.2, 0.25) is 5.02 Å². The van der Waals surface area contributed by atoms with Crippen LogP contribution in [-0.2, 0) is 10.0 Å². The van der Waals surface area contributed by atoms with Crippen molar-refractivity contribution in [2.45, 2.75) is 0 Å². The Hall–Kier alpha value is -3.01. The van der Waals surface area contributed by atoms with Gasteiger partial charge in [-0.15, -0.1) is 0 Å². The van der Waals surface area contributed by atoms with Gasteiger partial charge in [-0.25, -0.2) is 18.4 Å². The van der Waals surface area contributed by atoms with E-state index in [4.69, 9.17) is 16.6 Å². The molecule has 0 aliphatic carbocycles. The molecule has 164 valence electrons. The minimum absolute atomic E-state index is 0.460. The largest absolute Gasteiger partial charge is 0.354 e. The Bertz CT molecular complexity index is 1360. The van der Waals surface area contributed by atoms with Gasteiger partial charge in [0.1, 0.15) is 11.6 Å². The summed E-state index contributed by atoms with van der Waals surface area (Å²) in [5.74, 6) is 1.58. The number of aromatic nitrogens is 4. The summed E-state index contributed by atoms with van der Waals surface area (Å²) in [7, 11) is -3.16. The summed E-state index contributed by atoms with van der Waals surface area (Å²) in [4.78, 5) is 15.8. The van der Waals surface area contributed by atoms with E-state index >= 15 is 0 Å². The molecule has 32 heavy (non-hydrogen) atoms. The first-order valence-electron chi connectivity index (χ1n) is 10.1. The van der Waals surface area contributed by atoms with E-state index in [-0.39, 0.29) is 0 Å². The van der Waals surface area contributed by atoms with Gasteiger partial charge in [-0.3, -0.25) is 9.55 Å². The fourth-order valence-corrected chi connectivity index (χ4v) is 4.88. The van der Waals surface area contributed by atoms with Crippen molar-refractivity contribution < 1.29 is 8.42 Å². The van der Waals surface area contributed by atoms with Gasteiger partial charge in [0, 0.05) is 54.8 Å². The normalized spacial score (nSPS) is 15.4. The number of piperazine rings is 1. The number of halogens is 1. The predicted molar refractivity (Wildman–Crippen MR) is 126 cm³/mol. The number of hydrogen-bond acceptors (Lipinski definition) is 6. The number of rotatable bonds is 4. The Balaban J connectivity index is 1.48. The second kappa shape index (κ2) is 8.16. The van der Waals surface area contributed by atoms with E-state index in [1.54, 1.807) is 18.6 Å². The molecule has 1 fully saturated rings. The van der Waals surface area contributed by atoms with E-state index in [0.717, 1.165) is 33.9 Å². The van der Waals surface area contributed by atoms with Crippen LogP contribution in [-0.4, -0.2) is 64.7 Å². The highest BCUT2D eigenvalue weighted by atomic mass is 35.5. The minimum Gasteiger partial charge on any atom is -0.354 e. The molecule has 8 nitrogen and oxygen atoms in total. The smallest absolute Gasteiger partial charge is 0.211 e. The topological polar surface area (TPSA) is 84.2 Å². The van der Waals surface area contributed by atoms with Gasteiger partial charge < -0.3 is 4.90 Å². The third-order valence-electron chi connectivity index (χ3n) is 5.58. The third-order valence-corrected chi connectivity index (χ3v) is 7.13. The van der Waals surface area contributed by atoms with Crippen LogP contribution in [0.15, 0.2) is 61.1 Å². The summed E-state index contributed by atoms with van der Waals surface area (Å²) in [6.45, 7) is 2.13. The molecule has 1 aromatic carbocycles. The number of imidazole rings is 1. The molecule has 0 unspecified atom stereocenters. The van der Waals surface area contributed by atoms with Gasteiger partial charge in [0.15, 0.2) is 0 Å². The number of sulfonamides is 1. The van der Waals surface area contributed by atoms with E-state index < -0.39 is 10.0 Å². The second-order valence-corrected chi connectivity index (χ2v) is 10.1. The number of benzene rings is 1. The molecule has 5 rings (SSSR count). The molecule has 0 atom stereocenters. The van der Waals surface area contributed by atoms with Gasteiger partial charge in [0.2, 0.25) is 10.0 Å². The summed E-state index contributed by atoms with van der Waals surface area (Å²) in [5, 5.41) is 0.667. The van der Waals surface area contributed by atoms with Crippen molar-refractivity contribution in [1.82, 2.24) is 23.8 Å². The van der Waals surface area contributed by atoms with Gasteiger partial charge in [0.25, 0.3) is 0 Å². The van der Waals surface area contributed by atoms with Gasteiger partial charge >= 0.3 is 0 Å². The Morgan fingerprint density at radius 1 is 0.938 bits per heavy atom. The Morgan fingerprint density at radius 2 is 1.69 bits per heavy atom. The highest BCUT2D eigenvalue weighted by molar-refractivity contribution is 7.88. The summed E-state index contributed by atoms with van der Waals surface area (Å²) in [5.41, 5.74) is 3.53. The summed E-state index contributed by atoms with van der Waals surface area (Å²) >= 11 is 6.08. The quantitative estimate of drug-likeness (QED) is 0.457. The van der Waals surface area contributed by atoms with E-state index in [9.17, 15) is 8.42 Å². The van der Waals surface area contributed by atoms with Crippen molar-refractivity contribution >= 4 is 38.5 Å². The van der Waals surface area contributed by atoms with Crippen LogP contribution >= 0.6 is 11.6 Å². The molecule has 0 bridgehead atoms. The van der Waals surface area contributed by atoms with Crippen LogP contribution in [0.3, 0.4) is 0 Å². The number of hydrogen-bond donors (Lipinski definition) is 0. The van der Waals surface area contributed by atoms with E-state index in [1.165, 1.54) is 10.6 Å². The number of anilines is 1. The highest BCUT2D eigenvalue weighted by Crippen LogP contribution is 2.29. The van der Waals surface area contributed by atoms with Crippen molar-refractivity contribution in [3.8, 4) is 17.1 Å². The first kappa shape index (κ1) is 20.9. The molecule has 0 amide bonds. The Morgan fingerprint density at radius 3 is 2.34 bits per heavy atom. The minimum atomic E-state index is -3.16. The molecule has 4 aromatic rings. The maximum absolute atomic E-state index is 11.7. The lowest BCUT2D eigenvalue weighted by atomic mass is 10.2. The Kier molecular flexibility index (Phi) is 5.32. The SMILES string of the molecule is CS(=O)(=O)N1CCN(c2ccc(-c3nc4ccncc4n3-c3ccc(Cl)cc3)cn2)CC1. The van der Waals surface area contributed by atoms with Crippen molar-refractivity contribution in [3.05, 3.63) is 66.1 Å². The molecule has 3 aromatic heterocycles. The fourth-order valence-electron chi connectivity index (χ4n) is 3.92. The highest BCUT2D eigenvalue weighted by Gasteiger charge is 2.24. The molecule has 0 N–H and O–H groups in total. The first-order chi connectivity index (χ1) is 15.4. The third kappa shape index (κ3) is 3.94. The van der Waals surface area contributed by atoms with Crippen LogP contribution < -0.4 is 4.90 Å². The van der Waals surface area contributed by atoms with Gasteiger partial charge in [-0.1, -0.05) is 11.6 Å². The van der Waals surface area contributed by atoms with Crippen LogP contribution in [0.5, 0.6) is 0 Å². The Labute approximate surface area is 191 Å². The molecular formula is C22H21ClN6O2S. The van der Waals surface area contributed by atoms with Crippen LogP contribution in [0.4, 0.5) is 5.82 Å². The van der Waals surface area contributed by atoms with Crippen LogP contribution in [0.25, 0.3) is 28.1 Å². The zero-order valence-electron chi connectivity index (χ0n) is 17.4. The van der Waals surface area contributed by atoms with Gasteiger partial charge in [-0.2, -0.15) is 4.31 Å². The standard InChI is InChI=1S/C22H21ClN6O2S/c1-32(30,31)28-12-10-27(11-13-28)21-7-2-16(14-25-21)22-26-19-8-9-24-15-20(19)29(22)18-5-3-17(23)4-6-18/h2-9,14-15H,10-13H2,1H3. The molecular weight excluding hydrogens is 448 g/mol. The molecule has 10 heteroatoms. The van der Waals surface area contributed by atoms with E-state index in [0.29, 0.717) is 31.2 Å². The zero-order chi connectivity index (χ0) is 22.3. The molecule has 1 aliphatic heterocycles. The summed E-state index contributed by atoms with van der Waals surface area (Å²) < 4.78 is 27.0. The van der Waals surface area contributed by atoms with Crippen LogP contribution in [0.1, 0.15) is 0 Å². The maximum Gasteiger partial charge on any atom is 0.211 e. The fraction of sp³-hybridized carbons (Fsp3) is 0.227. The van der Waals surface area contributed by atoms with E-state index in [2.05, 4.69) is 14.9 Å². The molecule has 4 heterocycles. The van der Waals surface area contributed by atoms with Crippen molar-refractivity contribution in [3.63, 3.8) is 0 Å². The molecule has 0 saturated carbocycles. The van der Waals surface area contributed by atoms with Crippen molar-refractivity contribution in [2.75, 3.05) is 37.3 Å².